The molecular weight excluding hydrogens is 584 g/mol. The van der Waals surface area contributed by atoms with Crippen molar-refractivity contribution in [3.8, 4) is 0 Å². The number of allylic oxidation sites excluding steroid dienone is 1. The van der Waals surface area contributed by atoms with Crippen LogP contribution >= 0.6 is 0 Å². The highest BCUT2D eigenvalue weighted by Crippen LogP contribution is 2.46. The maximum Gasteiger partial charge on any atom is 0.282 e. The van der Waals surface area contributed by atoms with Gasteiger partial charge in [-0.3, -0.25) is 10.1 Å². The maximum absolute atomic E-state index is 13.5. The molecule has 7 nitrogen and oxygen atoms in total. The van der Waals surface area contributed by atoms with Crippen LogP contribution in [0.15, 0.2) is 136 Å². The Hall–Kier alpha value is -4.40. The standard InChI is InChI=1S/C37H36N2O5S/c40-39(41)32-24-26-33(27-25-32)45(42,43)38-35-23-13-22-34(35)36(28-14-5-1-6-15-28)44-37(29-16-7-2-8-17-29,30-18-9-3-10-19-30)31-20-11-4-12-21-31/h2-4,7-12,16-22,24-28,36H,1,5-6,13-15,23H2/b38-35+. The van der Waals surface area contributed by atoms with Gasteiger partial charge in [0.15, 0.2) is 0 Å². The summed E-state index contributed by atoms with van der Waals surface area (Å²) in [5, 5.41) is 11.1. The molecule has 0 spiro atoms. The van der Waals surface area contributed by atoms with E-state index in [0.29, 0.717) is 18.6 Å². The van der Waals surface area contributed by atoms with E-state index >= 15 is 0 Å². The van der Waals surface area contributed by atoms with E-state index in [1.807, 2.05) is 54.6 Å². The molecule has 0 bridgehead atoms. The molecule has 1 atom stereocenters. The van der Waals surface area contributed by atoms with E-state index in [9.17, 15) is 18.5 Å². The van der Waals surface area contributed by atoms with Crippen molar-refractivity contribution in [3.63, 3.8) is 0 Å². The Kier molecular flexibility index (Phi) is 9.05. The van der Waals surface area contributed by atoms with Crippen molar-refractivity contribution in [3.05, 3.63) is 154 Å². The zero-order chi connectivity index (χ0) is 31.3. The van der Waals surface area contributed by atoms with Gasteiger partial charge >= 0.3 is 0 Å². The van der Waals surface area contributed by atoms with Crippen molar-refractivity contribution in [2.24, 2.45) is 10.3 Å². The summed E-state index contributed by atoms with van der Waals surface area (Å²) in [5.41, 5.74) is 3.12. The molecule has 2 aliphatic rings. The average Bonchev–Trinajstić information content (AvgIpc) is 3.54. The summed E-state index contributed by atoms with van der Waals surface area (Å²) in [7, 11) is -4.11. The normalized spacial score (nSPS) is 17.6. The van der Waals surface area contributed by atoms with Crippen molar-refractivity contribution in [2.75, 3.05) is 0 Å². The Bertz CT molecular complexity index is 1690. The summed E-state index contributed by atoms with van der Waals surface area (Å²) in [6, 6.07) is 35.6. The predicted octanol–water partition coefficient (Wildman–Crippen LogP) is 8.40. The molecule has 2 aliphatic carbocycles. The van der Waals surface area contributed by atoms with Gasteiger partial charge in [-0.1, -0.05) is 116 Å². The Morgan fingerprint density at radius 3 is 1.76 bits per heavy atom. The lowest BCUT2D eigenvalue weighted by Crippen LogP contribution is -2.42. The average molecular weight is 621 g/mol. The van der Waals surface area contributed by atoms with Crippen LogP contribution < -0.4 is 0 Å². The second-order valence-corrected chi connectivity index (χ2v) is 13.3. The second kappa shape index (κ2) is 13.3. The predicted molar refractivity (Wildman–Crippen MR) is 176 cm³/mol. The summed E-state index contributed by atoms with van der Waals surface area (Å²) in [6.07, 6.45) is 8.08. The van der Waals surface area contributed by atoms with Crippen LogP contribution in [0.2, 0.25) is 0 Å². The molecule has 0 aliphatic heterocycles. The second-order valence-electron chi connectivity index (χ2n) is 11.7. The van der Waals surface area contributed by atoms with Crippen LogP contribution in [0.5, 0.6) is 0 Å². The van der Waals surface area contributed by atoms with E-state index < -0.39 is 26.7 Å². The van der Waals surface area contributed by atoms with Crippen molar-refractivity contribution >= 4 is 21.4 Å². The minimum Gasteiger partial charge on any atom is -0.353 e. The number of hydrogen-bond acceptors (Lipinski definition) is 5. The number of hydrogen-bond donors (Lipinski definition) is 0. The van der Waals surface area contributed by atoms with E-state index in [1.165, 1.54) is 30.7 Å². The fourth-order valence-electron chi connectivity index (χ4n) is 6.71. The SMILES string of the molecule is O=[N+]([O-])c1ccc(S(=O)(=O)/N=C2\CCC=C2C(OC(c2ccccc2)(c2ccccc2)c2ccccc2)C2CCCCC2)cc1. The zero-order valence-electron chi connectivity index (χ0n) is 25.0. The van der Waals surface area contributed by atoms with Gasteiger partial charge in [0.2, 0.25) is 0 Å². The summed E-state index contributed by atoms with van der Waals surface area (Å²) in [4.78, 5) is 10.5. The first-order valence-electron chi connectivity index (χ1n) is 15.5. The molecular formula is C37H36N2O5S. The number of rotatable bonds is 10. The van der Waals surface area contributed by atoms with Gasteiger partial charge in [-0.2, -0.15) is 12.8 Å². The van der Waals surface area contributed by atoms with E-state index in [4.69, 9.17) is 4.74 Å². The van der Waals surface area contributed by atoms with Gasteiger partial charge in [0.05, 0.1) is 21.6 Å². The van der Waals surface area contributed by atoms with Crippen molar-refractivity contribution < 1.29 is 18.1 Å². The lowest BCUT2D eigenvalue weighted by atomic mass is 9.77. The lowest BCUT2D eigenvalue weighted by Gasteiger charge is -2.42. The van der Waals surface area contributed by atoms with Gasteiger partial charge in [-0.15, -0.1) is 0 Å². The van der Waals surface area contributed by atoms with Crippen LogP contribution in [0.25, 0.3) is 0 Å². The molecule has 1 fully saturated rings. The molecule has 0 heterocycles. The van der Waals surface area contributed by atoms with Crippen LogP contribution in [0, 0.1) is 16.0 Å². The monoisotopic (exact) mass is 620 g/mol. The molecule has 4 aromatic carbocycles. The molecule has 45 heavy (non-hydrogen) atoms. The highest BCUT2D eigenvalue weighted by atomic mass is 32.2. The number of nitro benzene ring substituents is 1. The molecule has 0 saturated heterocycles. The number of nitro groups is 1. The number of nitrogens with zero attached hydrogens (tertiary/aromatic N) is 2. The molecule has 230 valence electrons. The summed E-state index contributed by atoms with van der Waals surface area (Å²) in [6.45, 7) is 0. The molecule has 8 heteroatoms. The van der Waals surface area contributed by atoms with Crippen molar-refractivity contribution in [1.29, 1.82) is 0 Å². The molecule has 4 aromatic rings. The molecule has 0 radical (unpaired) electrons. The Balaban J connectivity index is 1.49. The smallest absolute Gasteiger partial charge is 0.282 e. The lowest BCUT2D eigenvalue weighted by molar-refractivity contribution is -0.384. The number of non-ortho nitro benzene ring substituents is 1. The van der Waals surface area contributed by atoms with Crippen LogP contribution in [-0.2, 0) is 20.4 Å². The third-order valence-corrected chi connectivity index (χ3v) is 10.2. The van der Waals surface area contributed by atoms with Crippen LogP contribution in [0.4, 0.5) is 5.69 Å². The molecule has 0 N–H and O–H groups in total. The Morgan fingerprint density at radius 1 is 0.756 bits per heavy atom. The number of benzene rings is 4. The highest BCUT2D eigenvalue weighted by molar-refractivity contribution is 7.90. The van der Waals surface area contributed by atoms with Gasteiger partial charge in [0.1, 0.15) is 5.60 Å². The number of sulfonamides is 1. The molecule has 1 saturated carbocycles. The minimum atomic E-state index is -4.11. The third-order valence-electron chi connectivity index (χ3n) is 8.88. The Labute approximate surface area is 264 Å². The first-order valence-corrected chi connectivity index (χ1v) is 17.0. The fraction of sp³-hybridized carbons (Fsp3) is 0.270. The first kappa shape index (κ1) is 30.6. The van der Waals surface area contributed by atoms with Crippen LogP contribution in [0.1, 0.15) is 61.6 Å². The van der Waals surface area contributed by atoms with E-state index in [2.05, 4.69) is 46.9 Å². The maximum atomic E-state index is 13.5. The van der Waals surface area contributed by atoms with Crippen molar-refractivity contribution in [1.82, 2.24) is 0 Å². The van der Waals surface area contributed by atoms with E-state index in [1.54, 1.807) is 0 Å². The highest BCUT2D eigenvalue weighted by Gasteiger charge is 2.44. The third kappa shape index (κ3) is 6.39. The summed E-state index contributed by atoms with van der Waals surface area (Å²) < 4.78 is 39.0. The van der Waals surface area contributed by atoms with Gasteiger partial charge in [0.25, 0.3) is 15.7 Å². The topological polar surface area (TPSA) is 98.9 Å². The van der Waals surface area contributed by atoms with E-state index in [-0.39, 0.29) is 16.5 Å². The summed E-state index contributed by atoms with van der Waals surface area (Å²) >= 11 is 0. The van der Waals surface area contributed by atoms with Gasteiger partial charge in [0, 0.05) is 12.1 Å². The Morgan fingerprint density at radius 2 is 1.27 bits per heavy atom. The quantitative estimate of drug-likeness (QED) is 0.101. The van der Waals surface area contributed by atoms with Gasteiger partial charge < -0.3 is 4.74 Å². The van der Waals surface area contributed by atoms with Crippen LogP contribution in [0.3, 0.4) is 0 Å². The molecule has 6 rings (SSSR count). The minimum absolute atomic E-state index is 0.0748. The van der Waals surface area contributed by atoms with Gasteiger partial charge in [-0.25, -0.2) is 0 Å². The van der Waals surface area contributed by atoms with Crippen LogP contribution in [-0.4, -0.2) is 25.2 Å². The fourth-order valence-corrected chi connectivity index (χ4v) is 7.78. The zero-order valence-corrected chi connectivity index (χ0v) is 25.8. The van der Waals surface area contributed by atoms with E-state index in [0.717, 1.165) is 47.9 Å². The molecule has 1 unspecified atom stereocenters. The van der Waals surface area contributed by atoms with Crippen molar-refractivity contribution in [2.45, 2.75) is 61.5 Å². The summed E-state index contributed by atoms with van der Waals surface area (Å²) in [5.74, 6) is 0.172. The van der Waals surface area contributed by atoms with Gasteiger partial charge in [-0.05, 0) is 66.0 Å². The molecule has 0 aromatic heterocycles. The molecule has 0 amide bonds. The largest absolute Gasteiger partial charge is 0.353 e. The number of ether oxygens (including phenoxy) is 1. The first-order chi connectivity index (χ1) is 21.9.